The van der Waals surface area contributed by atoms with Gasteiger partial charge in [0.05, 0.1) is 18.1 Å². The maximum absolute atomic E-state index is 12.1. The first-order chi connectivity index (χ1) is 13.0. The zero-order valence-corrected chi connectivity index (χ0v) is 15.2. The van der Waals surface area contributed by atoms with Gasteiger partial charge in [0, 0.05) is 36.6 Å². The fourth-order valence-corrected chi connectivity index (χ4v) is 2.89. The summed E-state index contributed by atoms with van der Waals surface area (Å²) in [5, 5.41) is 13.7. The van der Waals surface area contributed by atoms with Gasteiger partial charge in [-0.1, -0.05) is 17.7 Å². The largest absolute Gasteiger partial charge is 0.378 e. The molecule has 0 unspecified atom stereocenters. The number of amides is 1. The third kappa shape index (κ3) is 5.06. The van der Waals surface area contributed by atoms with E-state index < -0.39 is 4.92 Å². The van der Waals surface area contributed by atoms with Gasteiger partial charge in [-0.05, 0) is 42.0 Å². The van der Waals surface area contributed by atoms with Crippen LogP contribution in [0.3, 0.4) is 0 Å². The molecule has 1 heterocycles. The summed E-state index contributed by atoms with van der Waals surface area (Å²) in [4.78, 5) is 24.6. The van der Waals surface area contributed by atoms with E-state index in [4.69, 9.17) is 16.3 Å². The molecule has 0 aliphatic carbocycles. The van der Waals surface area contributed by atoms with E-state index in [1.165, 1.54) is 24.3 Å². The lowest BCUT2D eigenvalue weighted by atomic mass is 10.2. The van der Waals surface area contributed by atoms with Crippen molar-refractivity contribution in [2.45, 2.75) is 0 Å². The van der Waals surface area contributed by atoms with Gasteiger partial charge in [-0.3, -0.25) is 14.9 Å². The number of benzene rings is 2. The smallest absolute Gasteiger partial charge is 0.288 e. The van der Waals surface area contributed by atoms with Gasteiger partial charge in [0.15, 0.2) is 0 Å². The lowest BCUT2D eigenvalue weighted by Crippen LogP contribution is -2.36. The Labute approximate surface area is 161 Å². The highest BCUT2D eigenvalue weighted by molar-refractivity contribution is 6.32. The normalized spacial score (nSPS) is 14.3. The second-order valence-corrected chi connectivity index (χ2v) is 6.34. The molecule has 1 fully saturated rings. The van der Waals surface area contributed by atoms with Crippen LogP contribution in [0.1, 0.15) is 5.56 Å². The summed E-state index contributed by atoms with van der Waals surface area (Å²) in [7, 11) is 0. The number of nitro groups is 1. The minimum absolute atomic E-state index is 0.0574. The maximum Gasteiger partial charge on any atom is 0.288 e. The fraction of sp³-hybridized carbons (Fsp3) is 0.211. The Kier molecular flexibility index (Phi) is 6.05. The van der Waals surface area contributed by atoms with Gasteiger partial charge >= 0.3 is 0 Å². The average molecular weight is 388 g/mol. The Balaban J connectivity index is 1.61. The van der Waals surface area contributed by atoms with Gasteiger partial charge in [-0.15, -0.1) is 0 Å². The number of nitrogens with one attached hydrogen (secondary N) is 1. The molecule has 1 amide bonds. The summed E-state index contributed by atoms with van der Waals surface area (Å²) >= 11 is 5.77. The highest BCUT2D eigenvalue weighted by Gasteiger charge is 2.12. The van der Waals surface area contributed by atoms with Crippen LogP contribution in [-0.2, 0) is 9.53 Å². The van der Waals surface area contributed by atoms with Crippen molar-refractivity contribution in [1.82, 2.24) is 0 Å². The molecule has 7 nitrogen and oxygen atoms in total. The Morgan fingerprint density at radius 2 is 1.89 bits per heavy atom. The Morgan fingerprint density at radius 3 is 2.56 bits per heavy atom. The van der Waals surface area contributed by atoms with Gasteiger partial charge in [-0.25, -0.2) is 0 Å². The number of hydrogen-bond donors (Lipinski definition) is 1. The molecule has 0 aromatic heterocycles. The van der Waals surface area contributed by atoms with Crippen LogP contribution < -0.4 is 10.2 Å². The number of nitro benzene ring substituents is 1. The molecule has 3 rings (SSSR count). The summed E-state index contributed by atoms with van der Waals surface area (Å²) in [5.41, 5.74) is 2.07. The molecule has 0 saturated carbocycles. The molecule has 1 saturated heterocycles. The minimum atomic E-state index is -0.560. The van der Waals surface area contributed by atoms with E-state index in [1.54, 1.807) is 6.07 Å². The van der Waals surface area contributed by atoms with Crippen molar-refractivity contribution < 1.29 is 14.5 Å². The van der Waals surface area contributed by atoms with E-state index in [-0.39, 0.29) is 16.6 Å². The summed E-state index contributed by atoms with van der Waals surface area (Å²) in [5.74, 6) is -0.327. The van der Waals surface area contributed by atoms with E-state index in [0.29, 0.717) is 24.5 Å². The molecule has 2 aromatic rings. The molecule has 1 aliphatic heterocycles. The summed E-state index contributed by atoms with van der Waals surface area (Å²) < 4.78 is 5.34. The number of rotatable bonds is 5. The van der Waals surface area contributed by atoms with E-state index in [9.17, 15) is 14.9 Å². The molecule has 140 valence electrons. The number of nitrogens with zero attached hydrogens (tertiary/aromatic N) is 2. The van der Waals surface area contributed by atoms with Crippen molar-refractivity contribution in [2.75, 3.05) is 36.5 Å². The van der Waals surface area contributed by atoms with Crippen LogP contribution >= 0.6 is 11.6 Å². The van der Waals surface area contributed by atoms with E-state index in [1.807, 2.05) is 24.3 Å². The van der Waals surface area contributed by atoms with Crippen LogP contribution in [0.4, 0.5) is 17.1 Å². The van der Waals surface area contributed by atoms with Crippen LogP contribution in [0, 0.1) is 10.1 Å². The zero-order chi connectivity index (χ0) is 19.2. The molecular formula is C19H18ClN3O4. The van der Waals surface area contributed by atoms with Gasteiger partial charge in [-0.2, -0.15) is 0 Å². The summed E-state index contributed by atoms with van der Waals surface area (Å²) in [6.45, 7) is 3.13. The van der Waals surface area contributed by atoms with Crippen molar-refractivity contribution in [3.8, 4) is 0 Å². The van der Waals surface area contributed by atoms with Crippen molar-refractivity contribution in [3.63, 3.8) is 0 Å². The molecule has 0 radical (unpaired) electrons. The molecule has 0 atom stereocenters. The van der Waals surface area contributed by atoms with Crippen LogP contribution in [-0.4, -0.2) is 37.1 Å². The molecular weight excluding hydrogens is 370 g/mol. The first-order valence-corrected chi connectivity index (χ1v) is 8.76. The molecule has 0 spiro atoms. The minimum Gasteiger partial charge on any atom is -0.378 e. The SMILES string of the molecule is O=C(/C=C/c1ccc(Cl)c([N+](=O)[O-])c1)Nc1ccc(N2CCOCC2)cc1. The van der Waals surface area contributed by atoms with Crippen LogP contribution in [0.2, 0.25) is 5.02 Å². The molecule has 1 aliphatic rings. The highest BCUT2D eigenvalue weighted by atomic mass is 35.5. The summed E-state index contributed by atoms with van der Waals surface area (Å²) in [6.07, 6.45) is 2.82. The van der Waals surface area contributed by atoms with Gasteiger partial charge in [0.1, 0.15) is 5.02 Å². The quantitative estimate of drug-likeness (QED) is 0.480. The predicted molar refractivity (Wildman–Crippen MR) is 105 cm³/mol. The zero-order valence-electron chi connectivity index (χ0n) is 14.4. The molecule has 0 bridgehead atoms. The van der Waals surface area contributed by atoms with Crippen molar-refractivity contribution in [2.24, 2.45) is 0 Å². The number of morpholine rings is 1. The Bertz CT molecular complexity index is 862. The van der Waals surface area contributed by atoms with Crippen molar-refractivity contribution in [3.05, 3.63) is 69.2 Å². The topological polar surface area (TPSA) is 84.7 Å². The van der Waals surface area contributed by atoms with Crippen LogP contribution in [0.15, 0.2) is 48.5 Å². The third-order valence-electron chi connectivity index (χ3n) is 4.11. The third-order valence-corrected chi connectivity index (χ3v) is 4.42. The number of anilines is 2. The maximum atomic E-state index is 12.1. The average Bonchev–Trinajstić information content (AvgIpc) is 2.68. The molecule has 1 N–H and O–H groups in total. The number of ether oxygens (including phenoxy) is 1. The number of hydrogen-bond acceptors (Lipinski definition) is 5. The monoisotopic (exact) mass is 387 g/mol. The highest BCUT2D eigenvalue weighted by Crippen LogP contribution is 2.25. The van der Waals surface area contributed by atoms with Crippen molar-refractivity contribution in [1.29, 1.82) is 0 Å². The lowest BCUT2D eigenvalue weighted by Gasteiger charge is -2.28. The van der Waals surface area contributed by atoms with Crippen LogP contribution in [0.5, 0.6) is 0 Å². The van der Waals surface area contributed by atoms with Crippen LogP contribution in [0.25, 0.3) is 6.08 Å². The van der Waals surface area contributed by atoms with Gasteiger partial charge in [0.2, 0.25) is 5.91 Å². The van der Waals surface area contributed by atoms with Crippen molar-refractivity contribution >= 4 is 40.6 Å². The standard InChI is InChI=1S/C19H18ClN3O4/c20-17-7-1-14(13-18(17)23(25)26)2-8-19(24)21-15-3-5-16(6-4-15)22-9-11-27-12-10-22/h1-8,13H,9-12H2,(H,21,24)/b8-2+. The Morgan fingerprint density at radius 1 is 1.19 bits per heavy atom. The first-order valence-electron chi connectivity index (χ1n) is 8.39. The fourth-order valence-electron chi connectivity index (χ4n) is 2.71. The molecule has 27 heavy (non-hydrogen) atoms. The van der Waals surface area contributed by atoms with Gasteiger partial charge in [0.25, 0.3) is 5.69 Å². The van der Waals surface area contributed by atoms with E-state index in [0.717, 1.165) is 18.8 Å². The first kappa shape index (κ1) is 18.9. The van der Waals surface area contributed by atoms with Gasteiger partial charge < -0.3 is 15.0 Å². The number of carbonyl (C=O) groups is 1. The summed E-state index contributed by atoms with van der Waals surface area (Å²) in [6, 6.07) is 11.9. The number of halogens is 1. The predicted octanol–water partition coefficient (Wildman–Crippen LogP) is 3.74. The van der Waals surface area contributed by atoms with E-state index >= 15 is 0 Å². The second-order valence-electron chi connectivity index (χ2n) is 5.94. The second kappa shape index (κ2) is 8.66. The van der Waals surface area contributed by atoms with E-state index in [2.05, 4.69) is 10.2 Å². The molecule has 8 heteroatoms. The molecule has 2 aromatic carbocycles. The lowest BCUT2D eigenvalue weighted by molar-refractivity contribution is -0.384. The number of carbonyl (C=O) groups excluding carboxylic acids is 1. The Hall–Kier alpha value is -2.90.